The van der Waals surface area contributed by atoms with Crippen LogP contribution in [0.25, 0.3) is 0 Å². The summed E-state index contributed by atoms with van der Waals surface area (Å²) < 4.78 is 37.9. The third-order valence-electron chi connectivity index (χ3n) is 3.91. The van der Waals surface area contributed by atoms with Gasteiger partial charge in [0, 0.05) is 12.2 Å². The Balaban J connectivity index is 1.95. The van der Waals surface area contributed by atoms with Crippen LogP contribution in [0.2, 0.25) is 0 Å². The molecule has 1 aliphatic rings. The summed E-state index contributed by atoms with van der Waals surface area (Å²) in [5, 5.41) is 11.5. The lowest BCUT2D eigenvalue weighted by Crippen LogP contribution is -2.35. The van der Waals surface area contributed by atoms with Gasteiger partial charge in [-0.15, -0.1) is 0 Å². The largest absolute Gasteiger partial charge is 0.481 e. The summed E-state index contributed by atoms with van der Waals surface area (Å²) in [4.78, 5) is 24.7. The van der Waals surface area contributed by atoms with Gasteiger partial charge >= 0.3 is 12.1 Å². The SMILES string of the molecule is CC1(C(=O)O)CCN(CC(=O)Nc2cccc(C(F)(F)F)c2)C1. The summed E-state index contributed by atoms with van der Waals surface area (Å²) >= 11 is 0. The number of carbonyl (C=O) groups is 2. The van der Waals surface area contributed by atoms with Gasteiger partial charge in [0.25, 0.3) is 0 Å². The number of likely N-dealkylation sites (tertiary alicyclic amines) is 1. The molecule has 1 heterocycles. The van der Waals surface area contributed by atoms with Gasteiger partial charge in [0.15, 0.2) is 0 Å². The normalized spacial score (nSPS) is 22.1. The quantitative estimate of drug-likeness (QED) is 0.890. The fraction of sp³-hybridized carbons (Fsp3) is 0.467. The van der Waals surface area contributed by atoms with Crippen molar-refractivity contribution < 1.29 is 27.9 Å². The third-order valence-corrected chi connectivity index (χ3v) is 3.91. The van der Waals surface area contributed by atoms with Crippen LogP contribution in [0.1, 0.15) is 18.9 Å². The van der Waals surface area contributed by atoms with Crippen molar-refractivity contribution in [2.24, 2.45) is 5.41 Å². The van der Waals surface area contributed by atoms with Crippen molar-refractivity contribution in [2.45, 2.75) is 19.5 Å². The summed E-state index contributed by atoms with van der Waals surface area (Å²) in [5.74, 6) is -1.39. The van der Waals surface area contributed by atoms with Crippen molar-refractivity contribution >= 4 is 17.6 Å². The van der Waals surface area contributed by atoms with Gasteiger partial charge in [-0.2, -0.15) is 13.2 Å². The van der Waals surface area contributed by atoms with Crippen molar-refractivity contribution in [3.05, 3.63) is 29.8 Å². The molecule has 0 radical (unpaired) electrons. The molecule has 2 rings (SSSR count). The molecule has 1 atom stereocenters. The zero-order valence-electron chi connectivity index (χ0n) is 12.5. The lowest BCUT2D eigenvalue weighted by molar-refractivity contribution is -0.147. The minimum atomic E-state index is -4.47. The molecule has 1 amide bonds. The lowest BCUT2D eigenvalue weighted by atomic mass is 9.90. The van der Waals surface area contributed by atoms with E-state index in [-0.39, 0.29) is 18.8 Å². The highest BCUT2D eigenvalue weighted by Crippen LogP contribution is 2.31. The van der Waals surface area contributed by atoms with E-state index >= 15 is 0 Å². The van der Waals surface area contributed by atoms with E-state index in [4.69, 9.17) is 5.11 Å². The summed E-state index contributed by atoms with van der Waals surface area (Å²) in [5.41, 5.74) is -1.67. The number of aliphatic carboxylic acids is 1. The molecule has 0 spiro atoms. The standard InChI is InChI=1S/C15H17F3N2O3/c1-14(13(22)23)5-6-20(9-14)8-12(21)19-11-4-2-3-10(7-11)15(16,17)18/h2-4,7H,5-6,8-9H2,1H3,(H,19,21)(H,22,23). The highest BCUT2D eigenvalue weighted by atomic mass is 19.4. The van der Waals surface area contributed by atoms with E-state index in [2.05, 4.69) is 5.32 Å². The fourth-order valence-electron chi connectivity index (χ4n) is 2.54. The number of carbonyl (C=O) groups excluding carboxylic acids is 1. The van der Waals surface area contributed by atoms with E-state index in [9.17, 15) is 22.8 Å². The Morgan fingerprint density at radius 1 is 1.39 bits per heavy atom. The summed E-state index contributed by atoms with van der Waals surface area (Å²) in [7, 11) is 0. The molecule has 0 bridgehead atoms. The first-order valence-electron chi connectivity index (χ1n) is 7.03. The number of hydrogen-bond acceptors (Lipinski definition) is 3. The third kappa shape index (κ3) is 4.22. The lowest BCUT2D eigenvalue weighted by Gasteiger charge is -2.19. The van der Waals surface area contributed by atoms with Crippen molar-refractivity contribution in [1.82, 2.24) is 4.90 Å². The smallest absolute Gasteiger partial charge is 0.416 e. The maximum absolute atomic E-state index is 12.6. The average molecular weight is 330 g/mol. The molecule has 2 N–H and O–H groups in total. The van der Waals surface area contributed by atoms with E-state index < -0.39 is 29.0 Å². The highest BCUT2D eigenvalue weighted by molar-refractivity contribution is 5.92. The zero-order chi connectivity index (χ0) is 17.3. The van der Waals surface area contributed by atoms with Gasteiger partial charge in [-0.25, -0.2) is 0 Å². The second-order valence-electron chi connectivity index (χ2n) is 5.95. The minimum absolute atomic E-state index is 0.0564. The minimum Gasteiger partial charge on any atom is -0.481 e. The van der Waals surface area contributed by atoms with Crippen LogP contribution in [-0.4, -0.2) is 41.5 Å². The van der Waals surface area contributed by atoms with Crippen LogP contribution >= 0.6 is 0 Å². The van der Waals surface area contributed by atoms with Crippen LogP contribution in [0.5, 0.6) is 0 Å². The number of hydrogen-bond donors (Lipinski definition) is 2. The maximum atomic E-state index is 12.6. The number of nitrogens with one attached hydrogen (secondary N) is 1. The Morgan fingerprint density at radius 3 is 2.65 bits per heavy atom. The second kappa shape index (κ2) is 6.19. The number of carboxylic acids is 1. The monoisotopic (exact) mass is 330 g/mol. The van der Waals surface area contributed by atoms with Gasteiger partial charge in [-0.05, 0) is 38.1 Å². The van der Waals surface area contributed by atoms with Gasteiger partial charge in [-0.1, -0.05) is 6.07 Å². The molecular weight excluding hydrogens is 313 g/mol. The first-order chi connectivity index (χ1) is 10.6. The van der Waals surface area contributed by atoms with Gasteiger partial charge in [-0.3, -0.25) is 14.5 Å². The number of rotatable bonds is 4. The second-order valence-corrected chi connectivity index (χ2v) is 5.95. The molecule has 0 saturated carbocycles. The molecule has 0 aromatic heterocycles. The zero-order valence-corrected chi connectivity index (χ0v) is 12.5. The van der Waals surface area contributed by atoms with Crippen molar-refractivity contribution in [3.63, 3.8) is 0 Å². The Kier molecular flexibility index (Phi) is 4.65. The van der Waals surface area contributed by atoms with Gasteiger partial charge in [0.1, 0.15) is 0 Å². The molecular formula is C15H17F3N2O3. The van der Waals surface area contributed by atoms with Crippen LogP contribution < -0.4 is 5.32 Å². The van der Waals surface area contributed by atoms with Gasteiger partial charge < -0.3 is 10.4 Å². The summed E-state index contributed by atoms with van der Waals surface area (Å²) in [6, 6.07) is 4.38. The number of halogens is 3. The first kappa shape index (κ1) is 17.3. The number of benzene rings is 1. The number of nitrogens with zero attached hydrogens (tertiary/aromatic N) is 1. The van der Waals surface area contributed by atoms with E-state index in [1.165, 1.54) is 12.1 Å². The van der Waals surface area contributed by atoms with Gasteiger partial charge in [0.05, 0.1) is 17.5 Å². The summed E-state index contributed by atoms with van der Waals surface area (Å²) in [6.07, 6.45) is -4.04. The van der Waals surface area contributed by atoms with E-state index in [1.54, 1.807) is 11.8 Å². The number of alkyl halides is 3. The molecule has 1 saturated heterocycles. The molecule has 23 heavy (non-hydrogen) atoms. The molecule has 126 valence electrons. The first-order valence-corrected chi connectivity index (χ1v) is 7.03. The van der Waals surface area contributed by atoms with Crippen LogP contribution in [0, 0.1) is 5.41 Å². The molecule has 1 aliphatic heterocycles. The molecule has 8 heteroatoms. The number of amides is 1. The fourth-order valence-corrected chi connectivity index (χ4v) is 2.54. The Labute approximate surface area is 131 Å². The predicted octanol–water partition coefficient (Wildman–Crippen LogP) is 2.44. The number of carboxylic acid groups (broad SMARTS) is 1. The van der Waals surface area contributed by atoms with Crippen molar-refractivity contribution in [1.29, 1.82) is 0 Å². The van der Waals surface area contributed by atoms with Crippen molar-refractivity contribution in [3.8, 4) is 0 Å². The molecule has 0 aliphatic carbocycles. The van der Waals surface area contributed by atoms with Crippen LogP contribution in [-0.2, 0) is 15.8 Å². The van der Waals surface area contributed by atoms with Crippen LogP contribution in [0.15, 0.2) is 24.3 Å². The van der Waals surface area contributed by atoms with E-state index in [0.717, 1.165) is 12.1 Å². The maximum Gasteiger partial charge on any atom is 0.416 e. The molecule has 1 aromatic rings. The Hall–Kier alpha value is -2.09. The van der Waals surface area contributed by atoms with Crippen LogP contribution in [0.4, 0.5) is 18.9 Å². The van der Waals surface area contributed by atoms with Crippen molar-refractivity contribution in [2.75, 3.05) is 25.0 Å². The molecule has 1 unspecified atom stereocenters. The molecule has 5 nitrogen and oxygen atoms in total. The number of anilines is 1. The highest BCUT2D eigenvalue weighted by Gasteiger charge is 2.40. The summed E-state index contributed by atoms with van der Waals surface area (Å²) in [6.45, 7) is 2.25. The Morgan fingerprint density at radius 2 is 2.09 bits per heavy atom. The van der Waals surface area contributed by atoms with Gasteiger partial charge in [0.2, 0.25) is 5.91 Å². The van der Waals surface area contributed by atoms with Crippen LogP contribution in [0.3, 0.4) is 0 Å². The molecule has 1 aromatic carbocycles. The van der Waals surface area contributed by atoms with E-state index in [0.29, 0.717) is 13.0 Å². The molecule has 1 fully saturated rings. The average Bonchev–Trinajstić information content (AvgIpc) is 2.80. The van der Waals surface area contributed by atoms with E-state index in [1.807, 2.05) is 0 Å². The Bertz CT molecular complexity index is 618. The topological polar surface area (TPSA) is 69.6 Å². The predicted molar refractivity (Wildman–Crippen MR) is 76.9 cm³/mol.